The van der Waals surface area contributed by atoms with Gasteiger partial charge in [0.1, 0.15) is 0 Å². The fourth-order valence-electron chi connectivity index (χ4n) is 1.05. The van der Waals surface area contributed by atoms with Crippen LogP contribution in [0.1, 0.15) is 22.3 Å². The van der Waals surface area contributed by atoms with E-state index in [9.17, 15) is 23.7 Å². The standard InChI is InChI=1S/C7H3BrF2N2O4/c8-5-4(12(15)16)3(7(13)14)2(1-11-5)6(9)10/h1,6H,(H,13,14). The van der Waals surface area contributed by atoms with E-state index < -0.39 is 38.7 Å². The van der Waals surface area contributed by atoms with Crippen LogP contribution in [0.3, 0.4) is 0 Å². The minimum atomic E-state index is -3.15. The second-order valence-electron chi connectivity index (χ2n) is 2.59. The molecule has 0 atom stereocenters. The number of hydrogen-bond acceptors (Lipinski definition) is 4. The second kappa shape index (κ2) is 4.47. The first kappa shape index (κ1) is 12.4. The number of carboxylic acid groups (broad SMARTS) is 1. The number of rotatable bonds is 3. The van der Waals surface area contributed by atoms with Gasteiger partial charge in [0, 0.05) is 6.20 Å². The highest BCUT2D eigenvalue weighted by atomic mass is 79.9. The van der Waals surface area contributed by atoms with Gasteiger partial charge in [-0.1, -0.05) is 0 Å². The summed E-state index contributed by atoms with van der Waals surface area (Å²) >= 11 is 2.64. The summed E-state index contributed by atoms with van der Waals surface area (Å²) in [6.45, 7) is 0. The van der Waals surface area contributed by atoms with E-state index in [1.807, 2.05) is 0 Å². The Labute approximate surface area is 95.2 Å². The molecule has 0 radical (unpaired) electrons. The van der Waals surface area contributed by atoms with Crippen LogP contribution in [0.15, 0.2) is 10.8 Å². The van der Waals surface area contributed by atoms with Crippen LogP contribution in [0.25, 0.3) is 0 Å². The number of nitro groups is 1. The molecule has 0 spiro atoms. The van der Waals surface area contributed by atoms with Crippen molar-refractivity contribution in [2.24, 2.45) is 0 Å². The van der Waals surface area contributed by atoms with Crippen molar-refractivity contribution in [1.82, 2.24) is 4.98 Å². The van der Waals surface area contributed by atoms with E-state index >= 15 is 0 Å². The first-order valence-corrected chi connectivity index (χ1v) is 4.49. The molecule has 0 bridgehead atoms. The maximum absolute atomic E-state index is 12.4. The molecule has 1 aromatic rings. The molecule has 1 heterocycles. The molecular formula is C7H3BrF2N2O4. The highest BCUT2D eigenvalue weighted by molar-refractivity contribution is 9.10. The van der Waals surface area contributed by atoms with Gasteiger partial charge in [-0.3, -0.25) is 10.1 Å². The van der Waals surface area contributed by atoms with Crippen LogP contribution in [-0.4, -0.2) is 21.0 Å². The van der Waals surface area contributed by atoms with E-state index in [0.717, 1.165) is 0 Å². The second-order valence-corrected chi connectivity index (χ2v) is 3.34. The molecule has 0 aliphatic rings. The van der Waals surface area contributed by atoms with Crippen LogP contribution in [0, 0.1) is 10.1 Å². The lowest BCUT2D eigenvalue weighted by atomic mass is 10.1. The van der Waals surface area contributed by atoms with Crippen molar-refractivity contribution in [3.05, 3.63) is 32.0 Å². The van der Waals surface area contributed by atoms with Gasteiger partial charge in [0.2, 0.25) is 0 Å². The lowest BCUT2D eigenvalue weighted by molar-refractivity contribution is -0.386. The molecule has 1 N–H and O–H groups in total. The maximum atomic E-state index is 12.4. The number of nitrogens with zero attached hydrogens (tertiary/aromatic N) is 2. The SMILES string of the molecule is O=C(O)c1c(C(F)F)cnc(Br)c1[N+](=O)[O-]. The highest BCUT2D eigenvalue weighted by Crippen LogP contribution is 2.33. The van der Waals surface area contributed by atoms with Crippen molar-refractivity contribution in [2.45, 2.75) is 6.43 Å². The molecular weight excluding hydrogens is 294 g/mol. The molecule has 9 heteroatoms. The maximum Gasteiger partial charge on any atom is 0.343 e. The molecule has 86 valence electrons. The molecule has 0 unspecified atom stereocenters. The summed E-state index contributed by atoms with van der Waals surface area (Å²) < 4.78 is 24.4. The van der Waals surface area contributed by atoms with E-state index in [-0.39, 0.29) is 0 Å². The van der Waals surface area contributed by atoms with Gasteiger partial charge < -0.3 is 5.11 Å². The highest BCUT2D eigenvalue weighted by Gasteiger charge is 2.31. The molecule has 6 nitrogen and oxygen atoms in total. The summed E-state index contributed by atoms with van der Waals surface area (Å²) in [5, 5.41) is 19.2. The lowest BCUT2D eigenvalue weighted by Gasteiger charge is -2.05. The van der Waals surface area contributed by atoms with Crippen molar-refractivity contribution in [1.29, 1.82) is 0 Å². The predicted octanol–water partition coefficient (Wildman–Crippen LogP) is 2.39. The zero-order chi connectivity index (χ0) is 12.5. The number of aromatic carboxylic acids is 1. The number of carboxylic acids is 1. The van der Waals surface area contributed by atoms with Gasteiger partial charge in [-0.05, 0) is 15.9 Å². The van der Waals surface area contributed by atoms with Gasteiger partial charge in [-0.25, -0.2) is 18.6 Å². The lowest BCUT2D eigenvalue weighted by Crippen LogP contribution is -2.09. The first-order valence-electron chi connectivity index (χ1n) is 3.70. The summed E-state index contributed by atoms with van der Waals surface area (Å²) in [6, 6.07) is 0. The van der Waals surface area contributed by atoms with Gasteiger partial charge in [0.15, 0.2) is 10.2 Å². The third kappa shape index (κ3) is 2.13. The average molecular weight is 297 g/mol. The minimum absolute atomic E-state index is 0.403. The fourth-order valence-corrected chi connectivity index (χ4v) is 1.49. The molecule has 0 saturated heterocycles. The van der Waals surface area contributed by atoms with Crippen LogP contribution in [-0.2, 0) is 0 Å². The number of hydrogen-bond donors (Lipinski definition) is 1. The van der Waals surface area contributed by atoms with Crippen molar-refractivity contribution >= 4 is 27.6 Å². The van der Waals surface area contributed by atoms with Crippen LogP contribution >= 0.6 is 15.9 Å². The topological polar surface area (TPSA) is 93.3 Å². The molecule has 0 aliphatic carbocycles. The molecule has 0 saturated carbocycles. The summed E-state index contributed by atoms with van der Waals surface area (Å²) in [4.78, 5) is 23.5. The Morgan fingerprint density at radius 1 is 1.62 bits per heavy atom. The number of aromatic nitrogens is 1. The van der Waals surface area contributed by atoms with E-state index in [0.29, 0.717) is 6.20 Å². The smallest absolute Gasteiger partial charge is 0.343 e. The van der Waals surface area contributed by atoms with Gasteiger partial charge in [0.25, 0.3) is 6.43 Å². The molecule has 0 aliphatic heterocycles. The number of pyridine rings is 1. The predicted molar refractivity (Wildman–Crippen MR) is 50.5 cm³/mol. The Morgan fingerprint density at radius 3 is 2.56 bits per heavy atom. The molecule has 1 aromatic heterocycles. The van der Waals surface area contributed by atoms with E-state index in [4.69, 9.17) is 5.11 Å². The van der Waals surface area contributed by atoms with Gasteiger partial charge in [-0.15, -0.1) is 0 Å². The normalized spacial score (nSPS) is 10.5. The Bertz CT molecular complexity index is 466. The van der Waals surface area contributed by atoms with Crippen LogP contribution < -0.4 is 0 Å². The Balaban J connectivity index is 3.63. The molecule has 0 fully saturated rings. The summed E-state index contributed by atoms with van der Waals surface area (Å²) in [7, 11) is 0. The average Bonchev–Trinajstić information content (AvgIpc) is 2.15. The fraction of sp³-hybridized carbons (Fsp3) is 0.143. The third-order valence-electron chi connectivity index (χ3n) is 1.67. The van der Waals surface area contributed by atoms with Crippen molar-refractivity contribution in [3.8, 4) is 0 Å². The summed E-state index contributed by atoms with van der Waals surface area (Å²) in [5.41, 5.74) is -3.02. The van der Waals surface area contributed by atoms with Gasteiger partial charge >= 0.3 is 11.7 Å². The monoisotopic (exact) mass is 296 g/mol. The minimum Gasteiger partial charge on any atom is -0.477 e. The van der Waals surface area contributed by atoms with Crippen molar-refractivity contribution in [3.63, 3.8) is 0 Å². The summed E-state index contributed by atoms with van der Waals surface area (Å²) in [5.74, 6) is -1.80. The third-order valence-corrected chi connectivity index (χ3v) is 2.25. The Morgan fingerprint density at radius 2 is 2.19 bits per heavy atom. The van der Waals surface area contributed by atoms with Crippen LogP contribution in [0.5, 0.6) is 0 Å². The van der Waals surface area contributed by atoms with E-state index in [1.165, 1.54) is 0 Å². The summed E-state index contributed by atoms with van der Waals surface area (Å²) in [6.07, 6.45) is -2.56. The quantitative estimate of drug-likeness (QED) is 0.525. The van der Waals surface area contributed by atoms with Gasteiger partial charge in [-0.2, -0.15) is 0 Å². The zero-order valence-electron chi connectivity index (χ0n) is 7.35. The number of carbonyl (C=O) groups is 1. The van der Waals surface area contributed by atoms with Crippen molar-refractivity contribution < 1.29 is 23.6 Å². The number of alkyl halides is 2. The Hall–Kier alpha value is -1.64. The first-order chi connectivity index (χ1) is 7.36. The largest absolute Gasteiger partial charge is 0.477 e. The Kier molecular flexibility index (Phi) is 3.48. The van der Waals surface area contributed by atoms with E-state index in [1.54, 1.807) is 0 Å². The van der Waals surface area contributed by atoms with Crippen LogP contribution in [0.2, 0.25) is 0 Å². The van der Waals surface area contributed by atoms with Gasteiger partial charge in [0.05, 0.1) is 10.5 Å². The zero-order valence-corrected chi connectivity index (χ0v) is 8.94. The molecule has 0 aromatic carbocycles. The molecule has 16 heavy (non-hydrogen) atoms. The van der Waals surface area contributed by atoms with Crippen LogP contribution in [0.4, 0.5) is 14.5 Å². The molecule has 0 amide bonds. The van der Waals surface area contributed by atoms with Crippen molar-refractivity contribution in [2.75, 3.05) is 0 Å². The molecule has 1 rings (SSSR count). The van der Waals surface area contributed by atoms with E-state index in [2.05, 4.69) is 20.9 Å². The number of halogens is 3.